The smallest absolute Gasteiger partial charge is 0.409 e. The van der Waals surface area contributed by atoms with E-state index in [1.807, 2.05) is 45.0 Å². The zero-order chi connectivity index (χ0) is 45.2. The van der Waals surface area contributed by atoms with Crippen molar-refractivity contribution in [2.24, 2.45) is 22.9 Å². The SMILES string of the molecule is C=CCO[C@@]12Oc3ccc(Oc4ccc(SC)cc4)cc3[C@H]3[C@H](CCCCO)[C@@H](CCCCO)C=C(C(=NOC(C)(C)C)C[C@@H]1N(C)C(=O)OCCCCCCCCCCCC)[C@H]32. The topological polar surface area (TPSA) is 119 Å². The molecule has 0 aromatic heterocycles. The number of amides is 1. The van der Waals surface area contributed by atoms with Crippen LogP contribution in [0.2, 0.25) is 0 Å². The predicted octanol–water partition coefficient (Wildman–Crippen LogP) is 12.6. The summed E-state index contributed by atoms with van der Waals surface area (Å²) in [7, 11) is 1.79. The molecule has 10 nitrogen and oxygen atoms in total. The first kappa shape index (κ1) is 50.5. The number of likely N-dealkylation sites (N-methyl/N-ethyl adjacent to an activating group) is 1. The van der Waals surface area contributed by atoms with Gasteiger partial charge in [-0.2, -0.15) is 0 Å². The lowest BCUT2D eigenvalue weighted by Crippen LogP contribution is -2.69. The number of thioether (sulfide) groups is 1. The molecule has 1 aliphatic heterocycles. The van der Waals surface area contributed by atoms with Crippen LogP contribution in [-0.2, 0) is 14.3 Å². The minimum absolute atomic E-state index is 0.103. The Hall–Kier alpha value is -3.51. The molecule has 3 aliphatic rings. The highest BCUT2D eigenvalue weighted by atomic mass is 32.2. The average Bonchev–Trinajstić information content (AvgIpc) is 3.27. The van der Waals surface area contributed by atoms with Gasteiger partial charge in [0, 0.05) is 43.1 Å². The van der Waals surface area contributed by atoms with Crippen LogP contribution in [0.3, 0.4) is 0 Å². The highest BCUT2D eigenvalue weighted by Crippen LogP contribution is 2.62. The van der Waals surface area contributed by atoms with Gasteiger partial charge in [0.25, 0.3) is 0 Å². The lowest BCUT2D eigenvalue weighted by Gasteiger charge is -2.59. The monoisotopic (exact) mass is 891 g/mol. The molecule has 1 amide bonds. The molecule has 11 heteroatoms. The number of ether oxygens (including phenoxy) is 4. The Balaban J connectivity index is 1.55. The summed E-state index contributed by atoms with van der Waals surface area (Å²) >= 11 is 1.69. The van der Waals surface area contributed by atoms with Crippen molar-refractivity contribution in [3.63, 3.8) is 0 Å². The van der Waals surface area contributed by atoms with Gasteiger partial charge in [-0.15, -0.1) is 18.3 Å². The van der Waals surface area contributed by atoms with Gasteiger partial charge in [0.15, 0.2) is 0 Å². The van der Waals surface area contributed by atoms with Crippen molar-refractivity contribution in [3.8, 4) is 17.2 Å². The maximum atomic E-state index is 14.2. The van der Waals surface area contributed by atoms with Crippen LogP contribution in [-0.4, -0.2) is 84.1 Å². The van der Waals surface area contributed by atoms with Crippen LogP contribution in [0.1, 0.15) is 148 Å². The molecule has 1 heterocycles. The highest BCUT2D eigenvalue weighted by Gasteiger charge is 2.65. The number of fused-ring (bicyclic) bond motifs is 2. The van der Waals surface area contributed by atoms with Crippen LogP contribution in [0.15, 0.2) is 76.8 Å². The van der Waals surface area contributed by atoms with Gasteiger partial charge in [-0.25, -0.2) is 4.79 Å². The van der Waals surface area contributed by atoms with E-state index in [-0.39, 0.29) is 37.6 Å². The number of hydrogen-bond donors (Lipinski definition) is 2. The van der Waals surface area contributed by atoms with E-state index in [1.165, 1.54) is 44.9 Å². The average molecular weight is 891 g/mol. The van der Waals surface area contributed by atoms with Gasteiger partial charge in [0.05, 0.1) is 24.8 Å². The van der Waals surface area contributed by atoms with E-state index in [0.29, 0.717) is 37.4 Å². The number of carbonyl (C=O) groups is 1. The lowest BCUT2D eigenvalue weighted by molar-refractivity contribution is -0.253. The molecule has 1 saturated carbocycles. The first-order valence-corrected chi connectivity index (χ1v) is 25.2. The zero-order valence-corrected chi connectivity index (χ0v) is 40.1. The maximum absolute atomic E-state index is 14.2. The van der Waals surface area contributed by atoms with Crippen molar-refractivity contribution in [1.82, 2.24) is 4.90 Å². The van der Waals surface area contributed by atoms with Gasteiger partial charge in [-0.1, -0.05) is 94.9 Å². The number of unbranched alkanes of at least 4 members (excludes halogenated alkanes) is 11. The fraction of sp³-hybridized carbons (Fsp3) is 0.654. The minimum Gasteiger partial charge on any atom is -0.459 e. The van der Waals surface area contributed by atoms with Crippen LogP contribution in [0, 0.1) is 17.8 Å². The number of aliphatic hydroxyl groups is 2. The standard InChI is InChI=1S/C52H78N2O8S/c1-8-10-11-12-13-14-15-16-17-22-34-58-50(57)54(6)47-37-45(53-62-51(3,4)5)43-35-38(23-18-20-31-55)42(24-19-21-32-56)48-44-36-40(60-39-25-28-41(63-7)29-26-39)27-30-46(44)61-52(47,49(43)48)59-33-9-2/h9,25-30,35-36,38,42,47-49,55-56H,2,8,10-24,31-34,37H2,1,3-7H3/t38-,42+,47-,48+,49+,52+/m0/s1. The summed E-state index contributed by atoms with van der Waals surface area (Å²) in [5, 5.41) is 24.8. The zero-order valence-electron chi connectivity index (χ0n) is 39.3. The van der Waals surface area contributed by atoms with Crippen molar-refractivity contribution in [2.75, 3.05) is 39.7 Å². The summed E-state index contributed by atoms with van der Waals surface area (Å²) in [6.07, 6.45) is 22.8. The van der Waals surface area contributed by atoms with E-state index in [9.17, 15) is 15.0 Å². The first-order valence-electron chi connectivity index (χ1n) is 24.0. The Kier molecular flexibility index (Phi) is 20.2. The number of oxime groups is 1. The molecule has 0 unspecified atom stereocenters. The largest absolute Gasteiger partial charge is 0.459 e. The van der Waals surface area contributed by atoms with E-state index in [1.54, 1.807) is 29.8 Å². The molecule has 2 aromatic carbocycles. The first-order chi connectivity index (χ1) is 30.5. The Morgan fingerprint density at radius 1 is 0.921 bits per heavy atom. The number of benzene rings is 2. The number of carbonyl (C=O) groups excluding carboxylic acids is 1. The van der Waals surface area contributed by atoms with Crippen molar-refractivity contribution in [3.05, 3.63) is 72.3 Å². The third-order valence-electron chi connectivity index (χ3n) is 12.8. The van der Waals surface area contributed by atoms with Crippen molar-refractivity contribution >= 4 is 23.6 Å². The second-order valence-electron chi connectivity index (χ2n) is 18.7. The number of nitrogens with zero attached hydrogens (tertiary/aromatic N) is 2. The molecule has 2 aliphatic carbocycles. The van der Waals surface area contributed by atoms with Gasteiger partial charge in [0.2, 0.25) is 5.79 Å². The molecule has 6 atom stereocenters. The van der Waals surface area contributed by atoms with Crippen LogP contribution in [0.4, 0.5) is 4.79 Å². The van der Waals surface area contributed by atoms with Crippen molar-refractivity contribution in [2.45, 2.75) is 165 Å². The van der Waals surface area contributed by atoms with Gasteiger partial charge in [0.1, 0.15) is 28.9 Å². The van der Waals surface area contributed by atoms with Crippen LogP contribution in [0.25, 0.3) is 0 Å². The summed E-state index contributed by atoms with van der Waals surface area (Å²) in [4.78, 5) is 23.3. The maximum Gasteiger partial charge on any atom is 0.409 e. The van der Waals surface area contributed by atoms with Gasteiger partial charge >= 0.3 is 6.09 Å². The minimum atomic E-state index is -1.34. The number of allylic oxidation sites excluding steroid dienone is 1. The Labute approximate surface area is 383 Å². The fourth-order valence-corrected chi connectivity index (χ4v) is 10.1. The summed E-state index contributed by atoms with van der Waals surface area (Å²) in [5.41, 5.74) is 2.19. The Bertz CT molecular complexity index is 1780. The van der Waals surface area contributed by atoms with Gasteiger partial charge in [-0.3, -0.25) is 0 Å². The molecule has 2 aromatic rings. The van der Waals surface area contributed by atoms with E-state index < -0.39 is 29.4 Å². The summed E-state index contributed by atoms with van der Waals surface area (Å²) in [6.45, 7) is 13.0. The lowest BCUT2D eigenvalue weighted by atomic mass is 9.55. The van der Waals surface area contributed by atoms with Crippen LogP contribution in [0.5, 0.6) is 17.2 Å². The molecule has 5 rings (SSSR count). The molecule has 0 saturated heterocycles. The molecule has 63 heavy (non-hydrogen) atoms. The van der Waals surface area contributed by atoms with Gasteiger partial charge in [-0.05, 0) is 119 Å². The fourth-order valence-electron chi connectivity index (χ4n) is 9.74. The molecular weight excluding hydrogens is 813 g/mol. The van der Waals surface area contributed by atoms with E-state index in [4.69, 9.17) is 28.9 Å². The summed E-state index contributed by atoms with van der Waals surface area (Å²) < 4.78 is 26.9. The number of hydrogen-bond acceptors (Lipinski definition) is 10. The second-order valence-corrected chi connectivity index (χ2v) is 19.5. The second kappa shape index (κ2) is 25.3. The number of aliphatic hydroxyl groups excluding tert-OH is 2. The molecule has 0 bridgehead atoms. The van der Waals surface area contributed by atoms with Gasteiger partial charge < -0.3 is 38.9 Å². The van der Waals surface area contributed by atoms with Crippen molar-refractivity contribution in [1.29, 1.82) is 0 Å². The Morgan fingerprint density at radius 3 is 2.21 bits per heavy atom. The van der Waals surface area contributed by atoms with Crippen molar-refractivity contribution < 1.29 is 38.8 Å². The normalized spacial score (nSPS) is 23.3. The van der Waals surface area contributed by atoms with Crippen LogP contribution >= 0.6 is 11.8 Å². The molecule has 350 valence electrons. The summed E-state index contributed by atoms with van der Waals surface area (Å²) in [6, 6.07) is 13.5. The van der Waals surface area contributed by atoms with E-state index in [2.05, 4.69) is 44.0 Å². The summed E-state index contributed by atoms with van der Waals surface area (Å²) in [5.74, 6) is 0.431. The van der Waals surface area contributed by atoms with E-state index >= 15 is 0 Å². The highest BCUT2D eigenvalue weighted by molar-refractivity contribution is 7.98. The third-order valence-corrected chi connectivity index (χ3v) is 13.6. The number of rotatable bonds is 27. The predicted molar refractivity (Wildman–Crippen MR) is 255 cm³/mol. The molecule has 0 spiro atoms. The van der Waals surface area contributed by atoms with Crippen LogP contribution < -0.4 is 9.47 Å². The quantitative estimate of drug-likeness (QED) is 0.0391. The third kappa shape index (κ3) is 13.8. The molecule has 2 N–H and O–H groups in total. The van der Waals surface area contributed by atoms with E-state index in [0.717, 1.165) is 72.4 Å². The Morgan fingerprint density at radius 2 is 1.57 bits per heavy atom. The molecule has 1 fully saturated rings. The molecular formula is C52H78N2O8S. The molecule has 0 radical (unpaired) electrons.